The third kappa shape index (κ3) is 38.8. The maximum Gasteiger partial charge on any atom is 0.219 e. The fraction of sp³-hybridized carbons (Fsp3) is 0.673. The summed E-state index contributed by atoms with van der Waals surface area (Å²) >= 11 is 0. The molecule has 5 heterocycles. The number of benzene rings is 3. The fourth-order valence-electron chi connectivity index (χ4n) is 17.8. The van der Waals surface area contributed by atoms with Gasteiger partial charge in [0.25, 0.3) is 0 Å². The fourth-order valence-corrected chi connectivity index (χ4v) is 17.8. The van der Waals surface area contributed by atoms with Gasteiger partial charge in [-0.05, 0) is 248 Å². The number of hydrogen-bond acceptors (Lipinski definition) is 17. The molecule has 8 aliphatic rings. The van der Waals surface area contributed by atoms with Crippen LogP contribution in [0.2, 0.25) is 0 Å². The van der Waals surface area contributed by atoms with Crippen LogP contribution in [0.1, 0.15) is 257 Å². The van der Waals surface area contributed by atoms with Crippen molar-refractivity contribution in [1.29, 1.82) is 0 Å². The number of aryl methyl sites for hydroxylation is 3. The molecule has 20 nitrogen and oxygen atoms in total. The minimum absolute atomic E-state index is 0. The number of amides is 3. The zero-order chi connectivity index (χ0) is 84.4. The summed E-state index contributed by atoms with van der Waals surface area (Å²) in [5.74, 6) is 0.561. The van der Waals surface area contributed by atoms with E-state index in [4.69, 9.17) is 47.4 Å². The van der Waals surface area contributed by atoms with Crippen LogP contribution in [0, 0.1) is 35.5 Å². The molecular weight excluding hydrogens is 1530 g/mol. The van der Waals surface area contributed by atoms with Gasteiger partial charge in [-0.3, -0.25) is 14.4 Å². The van der Waals surface area contributed by atoms with Gasteiger partial charge in [0.2, 0.25) is 17.7 Å². The van der Waals surface area contributed by atoms with E-state index in [2.05, 4.69) is 119 Å². The molecule has 5 aliphatic heterocycles. The largest absolute Gasteiger partial charge is 0.393 e. The molecule has 0 aromatic heterocycles. The van der Waals surface area contributed by atoms with Crippen LogP contribution >= 0.6 is 0 Å². The molecule has 0 radical (unpaired) electrons. The standard InChI is InChI=1S/C40H61NO7.C35H53NO6.C25H37NO4.CH4/c1-2-41-37(42)19-9-4-3-8-18-33-34(26-25-32(46-38-20-10-13-27-43-38)24-23-31-16-6-5-7-17-31)36(48-40-22-12-15-29-45-40)30-35(33)47-39-21-11-14-28-44-39;1-2-36-33(38)17-9-4-3-8-16-29-30(32(26-31(29)37)42-35-19-11-13-25-40-35)23-22-28(41-34-18-10-12-24-39-34)21-20-27-14-6-5-7-15-27;1-2-26-25(30)13-9-4-3-8-12-21-22(24(29)18-23(21)28)17-16-20(27)15-14-19-10-6-5-7-11-19;/h3,5-8,16-17,25-26,32-36,38-40H,2,4,9-15,18-24,27-30H2,1H3,(H,41,42);3,5-8,14-15,22-23,28-32,34-35,37H,2,4,9-13,16-21,24-26H2,1H3,(H,36,38);3,5-8,10-11,16-17,20-24,27-29H,2,4,9,12-15,18H2,1H3,(H,26,30);1H4/b8-3-,26-25+;8-3-,23-22+;8-3-,17-16+;/t32-,33+,34+,35-,36+,38?,39?,40?;28-,29+,30+,31-,32+,34?,35?;20-,21+,22+,23-,24+;/m000./s1. The van der Waals surface area contributed by atoms with Crippen LogP contribution in [0.25, 0.3) is 0 Å². The minimum atomic E-state index is -0.589. The summed E-state index contributed by atoms with van der Waals surface area (Å²) < 4.78 is 63.2. The second kappa shape index (κ2) is 59.8. The lowest BCUT2D eigenvalue weighted by atomic mass is 9.89. The minimum Gasteiger partial charge on any atom is -0.393 e. The SMILES string of the molecule is C.CCNC(=O)CCC/C=C\C[C@@H]1[C@@H](/C=C/[C@@H](O)CCc2ccccc2)[C@H](O)C[C@@H]1O.CCNC(=O)CCC/C=C\C[C@@H]1[C@@H](/C=C/[C@H](CCc2ccccc2)OC2CCCCO2)[C@H](OC2CCCCO2)C[C@@H]1O.CCNC(=O)CCC/C=C\C[C@@H]1[C@@H](/C=C/[C@H](CCc2ccccc2)OC2CCCCO2)[C@H](OC2CCCCO2)C[C@@H]1OC1CCCCO1. The van der Waals surface area contributed by atoms with Crippen molar-refractivity contribution in [3.63, 3.8) is 0 Å². The number of rotatable bonds is 46. The first-order valence-electron chi connectivity index (χ1n) is 46.8. The Kier molecular flexibility index (Phi) is 49.6. The van der Waals surface area contributed by atoms with Crippen molar-refractivity contribution in [2.75, 3.05) is 52.7 Å². The van der Waals surface area contributed by atoms with Crippen molar-refractivity contribution >= 4 is 17.7 Å². The van der Waals surface area contributed by atoms with E-state index in [0.29, 0.717) is 64.6 Å². The maximum atomic E-state index is 11.9. The normalized spacial score (nSPS) is 28.5. The van der Waals surface area contributed by atoms with E-state index in [1.807, 2.05) is 75.4 Å². The first-order valence-corrected chi connectivity index (χ1v) is 46.8. The van der Waals surface area contributed by atoms with Crippen LogP contribution in [0.3, 0.4) is 0 Å². The molecular formula is C101H155N3O17. The van der Waals surface area contributed by atoms with Crippen LogP contribution in [0.15, 0.2) is 164 Å². The lowest BCUT2D eigenvalue weighted by Gasteiger charge is -2.30. The molecule has 8 fully saturated rings. The molecule has 121 heavy (non-hydrogen) atoms. The van der Waals surface area contributed by atoms with Crippen LogP contribution in [0.4, 0.5) is 0 Å². The number of carbonyl (C=O) groups excluding carboxylic acids is 3. The summed E-state index contributed by atoms with van der Waals surface area (Å²) in [4.78, 5) is 35.1. The van der Waals surface area contributed by atoms with Gasteiger partial charge in [-0.1, -0.05) is 171 Å². The smallest absolute Gasteiger partial charge is 0.219 e. The quantitative estimate of drug-likeness (QED) is 0.0205. The predicted octanol–water partition coefficient (Wildman–Crippen LogP) is 17.8. The molecule has 0 bridgehead atoms. The van der Waals surface area contributed by atoms with E-state index in [1.165, 1.54) is 16.7 Å². The molecule has 676 valence electrons. The molecule has 7 N–H and O–H groups in total. The second-order valence-electron chi connectivity index (χ2n) is 33.9. The number of allylic oxidation sites excluding steroid dienone is 6. The Morgan fingerprint density at radius 3 is 1.12 bits per heavy atom. The molecule has 20 heteroatoms. The van der Waals surface area contributed by atoms with Gasteiger partial charge in [0.15, 0.2) is 31.5 Å². The highest BCUT2D eigenvalue weighted by Gasteiger charge is 2.46. The summed E-state index contributed by atoms with van der Waals surface area (Å²) in [5, 5.41) is 50.7. The Morgan fingerprint density at radius 1 is 0.397 bits per heavy atom. The molecule has 20 atom stereocenters. The molecule has 0 spiro atoms. The Labute approximate surface area is 726 Å². The molecule has 11 rings (SSSR count). The summed E-state index contributed by atoms with van der Waals surface area (Å²) in [6, 6.07) is 31.3. The van der Waals surface area contributed by atoms with E-state index < -0.39 is 24.4 Å². The predicted molar refractivity (Wildman–Crippen MR) is 478 cm³/mol. The van der Waals surface area contributed by atoms with E-state index in [0.717, 1.165) is 219 Å². The van der Waals surface area contributed by atoms with Crippen LogP contribution in [-0.4, -0.2) is 177 Å². The van der Waals surface area contributed by atoms with Crippen molar-refractivity contribution in [3.8, 4) is 0 Å². The number of nitrogens with one attached hydrogen (secondary N) is 3. The monoisotopic (exact) mass is 1680 g/mol. The molecule has 3 aromatic rings. The number of unbranched alkanes of at least 4 members (excludes halogenated alkanes) is 3. The molecule has 5 unspecified atom stereocenters. The van der Waals surface area contributed by atoms with Crippen molar-refractivity contribution in [1.82, 2.24) is 16.0 Å². The van der Waals surface area contributed by atoms with Gasteiger partial charge in [-0.2, -0.15) is 0 Å². The van der Waals surface area contributed by atoms with Gasteiger partial charge in [0, 0.05) is 109 Å². The molecule has 5 saturated heterocycles. The highest BCUT2D eigenvalue weighted by molar-refractivity contribution is 5.76. The molecule has 3 aliphatic carbocycles. The van der Waals surface area contributed by atoms with Crippen molar-refractivity contribution in [3.05, 3.63) is 181 Å². The van der Waals surface area contributed by atoms with Gasteiger partial charge in [0.05, 0.1) is 54.9 Å². The number of aliphatic hydroxyl groups excluding tert-OH is 4. The topological polar surface area (TPSA) is 261 Å². The van der Waals surface area contributed by atoms with E-state index >= 15 is 0 Å². The van der Waals surface area contributed by atoms with Crippen molar-refractivity contribution < 1.29 is 82.2 Å². The second-order valence-corrected chi connectivity index (χ2v) is 33.9. The first kappa shape index (κ1) is 100. The van der Waals surface area contributed by atoms with Gasteiger partial charge in [0.1, 0.15) is 0 Å². The van der Waals surface area contributed by atoms with Gasteiger partial charge in [-0.15, -0.1) is 0 Å². The van der Waals surface area contributed by atoms with Crippen molar-refractivity contribution in [2.24, 2.45) is 35.5 Å². The highest BCUT2D eigenvalue weighted by atomic mass is 16.7. The van der Waals surface area contributed by atoms with Gasteiger partial charge in [-0.25, -0.2) is 0 Å². The highest BCUT2D eigenvalue weighted by Crippen LogP contribution is 2.44. The zero-order valence-corrected chi connectivity index (χ0v) is 72.8. The third-order valence-electron chi connectivity index (χ3n) is 24.5. The van der Waals surface area contributed by atoms with E-state index in [-0.39, 0.29) is 123 Å². The zero-order valence-electron chi connectivity index (χ0n) is 72.8. The summed E-state index contributed by atoms with van der Waals surface area (Å²) in [5.41, 5.74) is 3.80. The van der Waals surface area contributed by atoms with Gasteiger partial charge < -0.3 is 83.7 Å². The van der Waals surface area contributed by atoms with Gasteiger partial charge >= 0.3 is 0 Å². The average molecular weight is 1680 g/mol. The van der Waals surface area contributed by atoms with Crippen LogP contribution < -0.4 is 16.0 Å². The van der Waals surface area contributed by atoms with Crippen LogP contribution in [-0.2, 0) is 81.0 Å². The van der Waals surface area contributed by atoms with E-state index in [9.17, 15) is 34.8 Å². The Bertz CT molecular complexity index is 3390. The summed E-state index contributed by atoms with van der Waals surface area (Å²) in [6.45, 7) is 11.6. The number of aliphatic hydroxyl groups is 4. The molecule has 3 saturated carbocycles. The lowest BCUT2D eigenvalue weighted by Crippen LogP contribution is -2.31. The Morgan fingerprint density at radius 2 is 0.736 bits per heavy atom. The lowest BCUT2D eigenvalue weighted by molar-refractivity contribution is -0.203. The number of carbonyl (C=O) groups is 3. The molecule has 3 amide bonds. The Hall–Kier alpha value is -6.05. The summed E-state index contributed by atoms with van der Waals surface area (Å²) in [7, 11) is 0. The number of ether oxygens (including phenoxy) is 10. The van der Waals surface area contributed by atoms with Crippen molar-refractivity contribution in [2.45, 2.75) is 346 Å². The summed E-state index contributed by atoms with van der Waals surface area (Å²) in [6.07, 6.45) is 54.0. The molecule has 3 aromatic carbocycles. The van der Waals surface area contributed by atoms with E-state index in [1.54, 1.807) is 6.08 Å². The average Bonchev–Trinajstić information content (AvgIpc) is 1.66. The van der Waals surface area contributed by atoms with Crippen LogP contribution in [0.5, 0.6) is 0 Å². The Balaban J connectivity index is 0.000000231. The first-order chi connectivity index (χ1) is 58.8. The third-order valence-corrected chi connectivity index (χ3v) is 24.5. The maximum absolute atomic E-state index is 11.9. The number of hydrogen-bond donors (Lipinski definition) is 7.